The minimum absolute atomic E-state index is 0.0706. The zero-order chi connectivity index (χ0) is 12.4. The molecular formula is C14H17NO3. The van der Waals surface area contributed by atoms with E-state index < -0.39 is 0 Å². The number of esters is 1. The second kappa shape index (κ2) is 4.98. The van der Waals surface area contributed by atoms with Gasteiger partial charge in [0, 0.05) is 12.6 Å². The van der Waals surface area contributed by atoms with Crippen molar-refractivity contribution in [3.63, 3.8) is 0 Å². The SMILES string of the molecule is O=C(/C=C/c1ccco1)O[C@@H]1CN2CCC1CC2. The number of carbonyl (C=O) groups is 1. The first-order chi connectivity index (χ1) is 8.81. The van der Waals surface area contributed by atoms with Crippen LogP contribution in [0.3, 0.4) is 0 Å². The fourth-order valence-corrected chi connectivity index (χ4v) is 2.77. The highest BCUT2D eigenvalue weighted by Gasteiger charge is 2.36. The van der Waals surface area contributed by atoms with E-state index >= 15 is 0 Å². The summed E-state index contributed by atoms with van der Waals surface area (Å²) in [5.74, 6) is 0.946. The molecule has 1 aromatic heterocycles. The van der Waals surface area contributed by atoms with Gasteiger partial charge in [-0.15, -0.1) is 0 Å². The number of fused-ring (bicyclic) bond motifs is 3. The maximum absolute atomic E-state index is 11.7. The highest BCUT2D eigenvalue weighted by molar-refractivity contribution is 5.86. The van der Waals surface area contributed by atoms with Crippen LogP contribution in [0.25, 0.3) is 6.08 Å². The highest BCUT2D eigenvalue weighted by Crippen LogP contribution is 2.29. The Morgan fingerprint density at radius 2 is 2.28 bits per heavy atom. The van der Waals surface area contributed by atoms with Gasteiger partial charge in [-0.05, 0) is 50.1 Å². The van der Waals surface area contributed by atoms with Crippen molar-refractivity contribution in [1.29, 1.82) is 0 Å². The molecule has 18 heavy (non-hydrogen) atoms. The number of nitrogens with zero attached hydrogens (tertiary/aromatic N) is 1. The van der Waals surface area contributed by atoms with Gasteiger partial charge in [-0.25, -0.2) is 4.79 Å². The molecule has 3 aliphatic heterocycles. The average molecular weight is 247 g/mol. The van der Waals surface area contributed by atoms with Crippen LogP contribution in [0.1, 0.15) is 18.6 Å². The molecule has 0 unspecified atom stereocenters. The molecule has 3 fully saturated rings. The molecule has 0 spiro atoms. The normalized spacial score (nSPS) is 30.8. The molecule has 4 rings (SSSR count). The molecule has 0 aromatic carbocycles. The van der Waals surface area contributed by atoms with Crippen LogP contribution in [0.5, 0.6) is 0 Å². The molecule has 0 N–H and O–H groups in total. The maximum atomic E-state index is 11.7. The third-order valence-electron chi connectivity index (χ3n) is 3.79. The summed E-state index contributed by atoms with van der Waals surface area (Å²) in [6.45, 7) is 3.20. The molecular weight excluding hydrogens is 230 g/mol. The predicted octanol–water partition coefficient (Wildman–Crippen LogP) is 1.93. The van der Waals surface area contributed by atoms with Crippen LogP contribution < -0.4 is 0 Å². The lowest BCUT2D eigenvalue weighted by molar-refractivity contribution is -0.152. The quantitative estimate of drug-likeness (QED) is 0.604. The lowest BCUT2D eigenvalue weighted by Crippen LogP contribution is -2.51. The number of hydrogen-bond acceptors (Lipinski definition) is 4. The Hall–Kier alpha value is -1.55. The molecule has 0 radical (unpaired) electrons. The number of rotatable bonds is 3. The summed E-state index contributed by atoms with van der Waals surface area (Å²) in [4.78, 5) is 14.1. The summed E-state index contributed by atoms with van der Waals surface area (Å²) in [6, 6.07) is 3.59. The largest absolute Gasteiger partial charge is 0.465 e. The van der Waals surface area contributed by atoms with Gasteiger partial charge in [-0.3, -0.25) is 4.90 Å². The summed E-state index contributed by atoms with van der Waals surface area (Å²) in [5.41, 5.74) is 0. The molecule has 4 heteroatoms. The van der Waals surface area contributed by atoms with Gasteiger partial charge in [-0.2, -0.15) is 0 Å². The Morgan fingerprint density at radius 3 is 2.89 bits per heavy atom. The Bertz CT molecular complexity index is 430. The average Bonchev–Trinajstić information content (AvgIpc) is 2.91. The summed E-state index contributed by atoms with van der Waals surface area (Å²) in [6.07, 6.45) is 7.04. The Morgan fingerprint density at radius 1 is 1.44 bits per heavy atom. The number of ether oxygens (including phenoxy) is 1. The van der Waals surface area contributed by atoms with Crippen molar-refractivity contribution in [2.24, 2.45) is 5.92 Å². The molecule has 2 bridgehead atoms. The fourth-order valence-electron chi connectivity index (χ4n) is 2.77. The highest BCUT2D eigenvalue weighted by atomic mass is 16.5. The van der Waals surface area contributed by atoms with E-state index in [9.17, 15) is 4.79 Å². The first kappa shape index (κ1) is 11.5. The van der Waals surface area contributed by atoms with Crippen molar-refractivity contribution >= 4 is 12.0 Å². The van der Waals surface area contributed by atoms with Gasteiger partial charge in [0.1, 0.15) is 11.9 Å². The molecule has 0 amide bonds. The monoisotopic (exact) mass is 247 g/mol. The predicted molar refractivity (Wildman–Crippen MR) is 66.8 cm³/mol. The van der Waals surface area contributed by atoms with E-state index in [1.54, 1.807) is 24.5 Å². The molecule has 4 heterocycles. The van der Waals surface area contributed by atoms with E-state index in [1.807, 2.05) is 0 Å². The van der Waals surface area contributed by atoms with Crippen molar-refractivity contribution in [1.82, 2.24) is 4.90 Å². The Labute approximate surface area is 106 Å². The lowest BCUT2D eigenvalue weighted by Gasteiger charge is -2.43. The van der Waals surface area contributed by atoms with Crippen molar-refractivity contribution in [3.8, 4) is 0 Å². The van der Waals surface area contributed by atoms with Gasteiger partial charge < -0.3 is 9.15 Å². The molecule has 1 atom stereocenters. The Kier molecular flexibility index (Phi) is 3.19. The third-order valence-corrected chi connectivity index (χ3v) is 3.79. The molecule has 0 aliphatic carbocycles. The summed E-state index contributed by atoms with van der Waals surface area (Å²) in [5, 5.41) is 0. The van der Waals surface area contributed by atoms with Crippen LogP contribution in [0.4, 0.5) is 0 Å². The molecule has 1 aromatic rings. The van der Waals surface area contributed by atoms with Crippen LogP contribution in [-0.2, 0) is 9.53 Å². The van der Waals surface area contributed by atoms with Gasteiger partial charge in [0.2, 0.25) is 0 Å². The van der Waals surface area contributed by atoms with E-state index in [4.69, 9.17) is 9.15 Å². The summed E-state index contributed by atoms with van der Waals surface area (Å²) < 4.78 is 10.6. The van der Waals surface area contributed by atoms with Crippen molar-refractivity contribution in [3.05, 3.63) is 30.2 Å². The van der Waals surface area contributed by atoms with Crippen LogP contribution >= 0.6 is 0 Å². The molecule has 4 nitrogen and oxygen atoms in total. The molecule has 3 saturated heterocycles. The maximum Gasteiger partial charge on any atom is 0.331 e. The minimum atomic E-state index is -0.273. The number of piperidine rings is 3. The molecule has 0 saturated carbocycles. The fraction of sp³-hybridized carbons (Fsp3) is 0.500. The van der Waals surface area contributed by atoms with Gasteiger partial charge in [-0.1, -0.05) is 0 Å². The molecule has 96 valence electrons. The topological polar surface area (TPSA) is 42.7 Å². The smallest absolute Gasteiger partial charge is 0.331 e. The van der Waals surface area contributed by atoms with Crippen molar-refractivity contribution in [2.45, 2.75) is 18.9 Å². The number of hydrogen-bond donors (Lipinski definition) is 0. The second-order valence-electron chi connectivity index (χ2n) is 4.96. The first-order valence-corrected chi connectivity index (χ1v) is 6.46. The second-order valence-corrected chi connectivity index (χ2v) is 4.96. The van der Waals surface area contributed by atoms with E-state index in [-0.39, 0.29) is 12.1 Å². The number of furan rings is 1. The van der Waals surface area contributed by atoms with Gasteiger partial charge in [0.25, 0.3) is 0 Å². The Balaban J connectivity index is 1.55. The standard InChI is InChI=1S/C14H17NO3/c16-14(4-3-12-2-1-9-17-12)18-13-10-15-7-5-11(13)6-8-15/h1-4,9,11,13H,5-8,10H2/b4-3+/t13-/m1/s1. The van der Waals surface area contributed by atoms with Crippen LogP contribution in [0.15, 0.2) is 28.9 Å². The van der Waals surface area contributed by atoms with Gasteiger partial charge in [0.15, 0.2) is 0 Å². The van der Waals surface area contributed by atoms with Gasteiger partial charge >= 0.3 is 5.97 Å². The van der Waals surface area contributed by atoms with Crippen LogP contribution in [-0.4, -0.2) is 36.6 Å². The zero-order valence-corrected chi connectivity index (χ0v) is 10.2. The molecule has 3 aliphatic rings. The van der Waals surface area contributed by atoms with Gasteiger partial charge in [0.05, 0.1) is 6.26 Å². The van der Waals surface area contributed by atoms with Crippen molar-refractivity contribution < 1.29 is 13.9 Å². The number of carbonyl (C=O) groups excluding carboxylic acids is 1. The zero-order valence-electron chi connectivity index (χ0n) is 10.2. The van der Waals surface area contributed by atoms with Crippen LogP contribution in [0, 0.1) is 5.92 Å². The summed E-state index contributed by atoms with van der Waals surface area (Å²) >= 11 is 0. The lowest BCUT2D eigenvalue weighted by atomic mass is 9.86. The van der Waals surface area contributed by atoms with Crippen LogP contribution in [0.2, 0.25) is 0 Å². The van der Waals surface area contributed by atoms with E-state index in [2.05, 4.69) is 4.90 Å². The van der Waals surface area contributed by atoms with E-state index in [1.165, 1.54) is 6.08 Å². The van der Waals surface area contributed by atoms with E-state index in [0.717, 1.165) is 32.5 Å². The van der Waals surface area contributed by atoms with E-state index in [0.29, 0.717) is 11.7 Å². The first-order valence-electron chi connectivity index (χ1n) is 6.46. The summed E-state index contributed by atoms with van der Waals surface area (Å²) in [7, 11) is 0. The minimum Gasteiger partial charge on any atom is -0.465 e. The third kappa shape index (κ3) is 2.48. The van der Waals surface area contributed by atoms with Crippen molar-refractivity contribution in [2.75, 3.05) is 19.6 Å².